The van der Waals surface area contributed by atoms with Gasteiger partial charge in [-0.05, 0) is 43.2 Å². The summed E-state index contributed by atoms with van der Waals surface area (Å²) >= 11 is 0. The zero-order valence-corrected chi connectivity index (χ0v) is 13.4. The van der Waals surface area contributed by atoms with Crippen molar-refractivity contribution in [3.05, 3.63) is 35.4 Å². The Kier molecular flexibility index (Phi) is 7.02. The van der Waals surface area contributed by atoms with Crippen molar-refractivity contribution in [3.63, 3.8) is 0 Å². The van der Waals surface area contributed by atoms with Gasteiger partial charge >= 0.3 is 5.97 Å². The third-order valence-electron chi connectivity index (χ3n) is 3.16. The number of ketones is 1. The van der Waals surface area contributed by atoms with Crippen molar-refractivity contribution < 1.29 is 14.3 Å². The van der Waals surface area contributed by atoms with Gasteiger partial charge in [0.1, 0.15) is 0 Å². The lowest BCUT2D eigenvalue weighted by Crippen LogP contribution is -2.25. The molecular formula is C17H22N2O3. The molecule has 0 aliphatic rings. The van der Waals surface area contributed by atoms with Gasteiger partial charge in [0.25, 0.3) is 0 Å². The second-order valence-electron chi connectivity index (χ2n) is 4.71. The number of aryl methyl sites for hydroxylation is 1. The molecule has 0 aliphatic heterocycles. The second-order valence-corrected chi connectivity index (χ2v) is 4.71. The number of carbonyl (C=O) groups excluding carboxylic acids is 2. The lowest BCUT2D eigenvalue weighted by atomic mass is 10.0. The lowest BCUT2D eigenvalue weighted by Gasteiger charge is -2.07. The molecule has 1 unspecified atom stereocenters. The van der Waals surface area contributed by atoms with Crippen LogP contribution in [0, 0.1) is 12.8 Å². The fourth-order valence-corrected chi connectivity index (χ4v) is 1.94. The predicted molar refractivity (Wildman–Crippen MR) is 89.3 cm³/mol. The first-order valence-electron chi connectivity index (χ1n) is 7.11. The molecule has 22 heavy (non-hydrogen) atoms. The third-order valence-corrected chi connectivity index (χ3v) is 3.16. The molecule has 1 aromatic rings. The van der Waals surface area contributed by atoms with Crippen LogP contribution in [0.25, 0.3) is 6.08 Å². The van der Waals surface area contributed by atoms with E-state index in [2.05, 4.69) is 15.0 Å². The Labute approximate surface area is 131 Å². The summed E-state index contributed by atoms with van der Waals surface area (Å²) in [6, 6.07) is 5.80. The van der Waals surface area contributed by atoms with Crippen LogP contribution in [-0.4, -0.2) is 38.7 Å². The highest BCUT2D eigenvalue weighted by Gasteiger charge is 2.23. The van der Waals surface area contributed by atoms with E-state index >= 15 is 0 Å². The van der Waals surface area contributed by atoms with Gasteiger partial charge < -0.3 is 10.1 Å². The monoisotopic (exact) mass is 302 g/mol. The molecule has 0 radical (unpaired) electrons. The maximum Gasteiger partial charge on any atom is 0.322 e. The van der Waals surface area contributed by atoms with E-state index in [0.29, 0.717) is 6.54 Å². The fourth-order valence-electron chi connectivity index (χ4n) is 1.94. The summed E-state index contributed by atoms with van der Waals surface area (Å²) in [5.74, 6) is -1.94. The van der Waals surface area contributed by atoms with Gasteiger partial charge in [-0.15, -0.1) is 0 Å². The number of carbonyl (C=O) groups is 2. The Balaban J connectivity index is 2.90. The van der Waals surface area contributed by atoms with Gasteiger partial charge in [0.2, 0.25) is 0 Å². The maximum absolute atomic E-state index is 12.1. The molecule has 0 heterocycles. The summed E-state index contributed by atoms with van der Waals surface area (Å²) in [5, 5.41) is 3.08. The van der Waals surface area contributed by atoms with Crippen LogP contribution in [0.3, 0.4) is 0 Å². The van der Waals surface area contributed by atoms with Crippen LogP contribution in [0.5, 0.6) is 0 Å². The Morgan fingerprint density at radius 3 is 2.68 bits per heavy atom. The topological polar surface area (TPSA) is 67.8 Å². The van der Waals surface area contributed by atoms with Gasteiger partial charge in [0.15, 0.2) is 11.7 Å². The molecule has 5 heteroatoms. The summed E-state index contributed by atoms with van der Waals surface area (Å²) in [5.41, 5.74) is 3.00. The Morgan fingerprint density at radius 2 is 2.14 bits per heavy atom. The number of hydrogen-bond donors (Lipinski definition) is 1. The molecule has 1 atom stereocenters. The SMILES string of the molecule is CCN=CC(C(=O)C=Cc1ccc(NC)c(C)c1)C(=O)OC. The Morgan fingerprint density at radius 1 is 1.41 bits per heavy atom. The van der Waals surface area contributed by atoms with Crippen LogP contribution >= 0.6 is 0 Å². The highest BCUT2D eigenvalue weighted by molar-refractivity contribution is 6.17. The minimum atomic E-state index is -0.987. The van der Waals surface area contributed by atoms with E-state index in [1.165, 1.54) is 19.4 Å². The van der Waals surface area contributed by atoms with E-state index in [9.17, 15) is 9.59 Å². The molecule has 1 aromatic carbocycles. The molecule has 0 aromatic heterocycles. The van der Waals surface area contributed by atoms with Crippen LogP contribution in [-0.2, 0) is 14.3 Å². The first-order valence-corrected chi connectivity index (χ1v) is 7.11. The summed E-state index contributed by atoms with van der Waals surface area (Å²) < 4.78 is 4.64. The molecule has 1 rings (SSSR count). The van der Waals surface area contributed by atoms with Gasteiger partial charge in [-0.1, -0.05) is 12.1 Å². The molecule has 0 saturated heterocycles. The minimum Gasteiger partial charge on any atom is -0.468 e. The van der Waals surface area contributed by atoms with Crippen molar-refractivity contribution in [1.82, 2.24) is 0 Å². The number of nitrogens with one attached hydrogen (secondary N) is 1. The number of nitrogens with zero attached hydrogens (tertiary/aromatic N) is 1. The number of hydrogen-bond acceptors (Lipinski definition) is 5. The smallest absolute Gasteiger partial charge is 0.322 e. The maximum atomic E-state index is 12.1. The summed E-state index contributed by atoms with van der Waals surface area (Å²) in [6.45, 7) is 4.32. The van der Waals surface area contributed by atoms with Gasteiger partial charge in [0, 0.05) is 25.5 Å². The largest absolute Gasteiger partial charge is 0.468 e. The van der Waals surface area contributed by atoms with Crippen molar-refractivity contribution in [2.24, 2.45) is 10.9 Å². The van der Waals surface area contributed by atoms with Crippen molar-refractivity contribution in [1.29, 1.82) is 0 Å². The fraction of sp³-hybridized carbons (Fsp3) is 0.353. The molecule has 0 amide bonds. The van der Waals surface area contributed by atoms with Crippen LogP contribution in [0.4, 0.5) is 5.69 Å². The standard InChI is InChI=1S/C17H22N2O3/c1-5-19-11-14(17(21)22-4)16(20)9-7-13-6-8-15(18-3)12(2)10-13/h6-11,14,18H,5H2,1-4H3. The number of allylic oxidation sites excluding steroid dienone is 1. The quantitative estimate of drug-likeness (QED) is 0.364. The predicted octanol–water partition coefficient (Wildman–Crippen LogP) is 2.50. The van der Waals surface area contributed by atoms with Crippen molar-refractivity contribution in [2.75, 3.05) is 26.0 Å². The van der Waals surface area contributed by atoms with E-state index < -0.39 is 11.9 Å². The van der Waals surface area contributed by atoms with Gasteiger partial charge in [0.05, 0.1) is 7.11 Å². The Bertz CT molecular complexity index is 592. The van der Waals surface area contributed by atoms with Gasteiger partial charge in [-0.3, -0.25) is 14.6 Å². The zero-order valence-electron chi connectivity index (χ0n) is 13.4. The minimum absolute atomic E-state index is 0.348. The van der Waals surface area contributed by atoms with E-state index in [1.54, 1.807) is 6.08 Å². The van der Waals surface area contributed by atoms with E-state index in [1.807, 2.05) is 39.1 Å². The molecule has 0 spiro atoms. The van der Waals surface area contributed by atoms with Crippen molar-refractivity contribution in [2.45, 2.75) is 13.8 Å². The molecule has 0 saturated carbocycles. The lowest BCUT2D eigenvalue weighted by molar-refractivity contribution is -0.145. The number of esters is 1. The third kappa shape index (κ3) is 4.84. The van der Waals surface area contributed by atoms with E-state index in [-0.39, 0.29) is 5.78 Å². The van der Waals surface area contributed by atoms with Crippen LogP contribution in [0.15, 0.2) is 29.3 Å². The molecular weight excluding hydrogens is 280 g/mol. The van der Waals surface area contributed by atoms with Crippen LogP contribution < -0.4 is 5.32 Å². The van der Waals surface area contributed by atoms with Crippen molar-refractivity contribution >= 4 is 29.7 Å². The number of anilines is 1. The van der Waals surface area contributed by atoms with Crippen molar-refractivity contribution in [3.8, 4) is 0 Å². The summed E-state index contributed by atoms with van der Waals surface area (Å²) in [6.07, 6.45) is 4.41. The molecule has 0 bridgehead atoms. The number of aliphatic imine (C=N–C) groups is 1. The number of rotatable bonds is 7. The van der Waals surface area contributed by atoms with Crippen LogP contribution in [0.2, 0.25) is 0 Å². The first kappa shape index (κ1) is 17.6. The highest BCUT2D eigenvalue weighted by atomic mass is 16.5. The molecule has 5 nitrogen and oxygen atoms in total. The second kappa shape index (κ2) is 8.77. The molecule has 0 aliphatic carbocycles. The molecule has 0 fully saturated rings. The average Bonchev–Trinajstić information content (AvgIpc) is 2.53. The molecule has 118 valence electrons. The summed E-state index contributed by atoms with van der Waals surface area (Å²) in [7, 11) is 3.11. The zero-order chi connectivity index (χ0) is 16.5. The number of benzene rings is 1. The molecule has 1 N–H and O–H groups in total. The first-order chi connectivity index (χ1) is 10.5. The van der Waals surface area contributed by atoms with Crippen LogP contribution in [0.1, 0.15) is 18.1 Å². The summed E-state index contributed by atoms with van der Waals surface area (Å²) in [4.78, 5) is 27.7. The normalized spacial score (nSPS) is 12.5. The Hall–Kier alpha value is -2.43. The van der Waals surface area contributed by atoms with E-state index in [0.717, 1.165) is 16.8 Å². The van der Waals surface area contributed by atoms with E-state index in [4.69, 9.17) is 0 Å². The highest BCUT2D eigenvalue weighted by Crippen LogP contribution is 2.16. The number of ether oxygens (including phenoxy) is 1. The van der Waals surface area contributed by atoms with Gasteiger partial charge in [-0.25, -0.2) is 0 Å². The average molecular weight is 302 g/mol. The number of methoxy groups -OCH3 is 1. The van der Waals surface area contributed by atoms with Gasteiger partial charge in [-0.2, -0.15) is 0 Å².